The van der Waals surface area contributed by atoms with Gasteiger partial charge in [0.2, 0.25) is 5.91 Å². The highest BCUT2D eigenvalue weighted by Gasteiger charge is 2.30. The molecule has 1 aromatic rings. The Morgan fingerprint density at radius 1 is 1.56 bits per heavy atom. The number of hydrogen-bond donors (Lipinski definition) is 1. The van der Waals surface area contributed by atoms with E-state index in [1.165, 1.54) is 5.56 Å². The molecule has 1 amide bonds. The SMILES string of the molecule is CC1(Cc2cccc(Br)c2)CNC(=O)CO1. The van der Waals surface area contributed by atoms with Gasteiger partial charge in [-0.1, -0.05) is 28.1 Å². The van der Waals surface area contributed by atoms with Crippen molar-refractivity contribution in [2.45, 2.75) is 18.9 Å². The van der Waals surface area contributed by atoms with Crippen molar-refractivity contribution >= 4 is 21.8 Å². The molecule has 1 unspecified atom stereocenters. The summed E-state index contributed by atoms with van der Waals surface area (Å²) in [6.07, 6.45) is 0.798. The summed E-state index contributed by atoms with van der Waals surface area (Å²) in [4.78, 5) is 11.0. The second-order valence-electron chi connectivity index (χ2n) is 4.32. The molecule has 0 saturated carbocycles. The molecule has 1 atom stereocenters. The van der Waals surface area contributed by atoms with Crippen LogP contribution < -0.4 is 5.32 Å². The lowest BCUT2D eigenvalue weighted by Crippen LogP contribution is -2.51. The molecule has 3 nitrogen and oxygen atoms in total. The molecule has 1 saturated heterocycles. The third-order valence-corrected chi connectivity index (χ3v) is 3.17. The quantitative estimate of drug-likeness (QED) is 0.900. The molecule has 16 heavy (non-hydrogen) atoms. The van der Waals surface area contributed by atoms with Gasteiger partial charge in [0.15, 0.2) is 0 Å². The van der Waals surface area contributed by atoms with E-state index < -0.39 is 0 Å². The maximum atomic E-state index is 11.0. The van der Waals surface area contributed by atoms with E-state index in [-0.39, 0.29) is 18.1 Å². The highest BCUT2D eigenvalue weighted by molar-refractivity contribution is 9.10. The Hall–Kier alpha value is -0.870. The zero-order chi connectivity index (χ0) is 11.6. The molecular weight excluding hydrogens is 270 g/mol. The molecule has 1 aliphatic heterocycles. The second kappa shape index (κ2) is 4.55. The molecule has 1 aromatic carbocycles. The van der Waals surface area contributed by atoms with E-state index in [1.54, 1.807) is 0 Å². The van der Waals surface area contributed by atoms with Gasteiger partial charge in [0.25, 0.3) is 0 Å². The van der Waals surface area contributed by atoms with Gasteiger partial charge >= 0.3 is 0 Å². The van der Waals surface area contributed by atoms with Crippen LogP contribution in [0.5, 0.6) is 0 Å². The summed E-state index contributed by atoms with van der Waals surface area (Å²) in [6, 6.07) is 8.14. The summed E-state index contributed by atoms with van der Waals surface area (Å²) in [5.74, 6) is -0.0354. The van der Waals surface area contributed by atoms with Crippen molar-refractivity contribution in [2.75, 3.05) is 13.2 Å². The first-order valence-electron chi connectivity index (χ1n) is 5.23. The van der Waals surface area contributed by atoms with Crippen LogP contribution >= 0.6 is 15.9 Å². The maximum absolute atomic E-state index is 11.0. The number of rotatable bonds is 2. The number of halogens is 1. The van der Waals surface area contributed by atoms with E-state index in [9.17, 15) is 4.79 Å². The Bertz CT molecular complexity index is 396. The van der Waals surface area contributed by atoms with Gasteiger partial charge in [0, 0.05) is 17.4 Å². The highest BCUT2D eigenvalue weighted by Crippen LogP contribution is 2.21. The van der Waals surface area contributed by atoms with Gasteiger partial charge in [-0.15, -0.1) is 0 Å². The molecule has 2 rings (SSSR count). The van der Waals surface area contributed by atoms with Crippen LogP contribution in [-0.4, -0.2) is 24.7 Å². The average Bonchev–Trinajstić information content (AvgIpc) is 2.23. The number of ether oxygens (including phenoxy) is 1. The molecule has 0 aromatic heterocycles. The van der Waals surface area contributed by atoms with Crippen LogP contribution in [0.25, 0.3) is 0 Å². The van der Waals surface area contributed by atoms with Gasteiger partial charge in [0.05, 0.1) is 5.60 Å². The fraction of sp³-hybridized carbons (Fsp3) is 0.417. The van der Waals surface area contributed by atoms with Crippen molar-refractivity contribution in [3.05, 3.63) is 34.3 Å². The molecular formula is C12H14BrNO2. The van der Waals surface area contributed by atoms with E-state index >= 15 is 0 Å². The van der Waals surface area contributed by atoms with Crippen molar-refractivity contribution in [1.29, 1.82) is 0 Å². The zero-order valence-corrected chi connectivity index (χ0v) is 10.7. The summed E-state index contributed by atoms with van der Waals surface area (Å²) >= 11 is 3.44. The standard InChI is InChI=1S/C12H14BrNO2/c1-12(8-14-11(15)7-16-12)6-9-3-2-4-10(13)5-9/h2-5H,6-8H2,1H3,(H,14,15). The molecule has 1 fully saturated rings. The first kappa shape index (κ1) is 11.6. The van der Waals surface area contributed by atoms with E-state index in [0.717, 1.165) is 10.9 Å². The van der Waals surface area contributed by atoms with Gasteiger partial charge in [0.1, 0.15) is 6.61 Å². The van der Waals surface area contributed by atoms with Crippen molar-refractivity contribution in [1.82, 2.24) is 5.32 Å². The normalized spacial score (nSPS) is 25.2. The topological polar surface area (TPSA) is 38.3 Å². The molecule has 86 valence electrons. The first-order valence-corrected chi connectivity index (χ1v) is 6.02. The monoisotopic (exact) mass is 283 g/mol. The van der Waals surface area contributed by atoms with E-state index in [4.69, 9.17) is 4.74 Å². The molecule has 4 heteroatoms. The lowest BCUT2D eigenvalue weighted by Gasteiger charge is -2.34. The van der Waals surface area contributed by atoms with Crippen molar-refractivity contribution < 1.29 is 9.53 Å². The molecule has 1 aliphatic rings. The smallest absolute Gasteiger partial charge is 0.246 e. The number of carbonyl (C=O) groups is 1. The van der Waals surface area contributed by atoms with E-state index in [2.05, 4.69) is 33.4 Å². The fourth-order valence-electron chi connectivity index (χ4n) is 1.82. The minimum Gasteiger partial charge on any atom is -0.363 e. The molecule has 0 bridgehead atoms. The largest absolute Gasteiger partial charge is 0.363 e. The van der Waals surface area contributed by atoms with Gasteiger partial charge < -0.3 is 10.1 Å². The van der Waals surface area contributed by atoms with Gasteiger partial charge in [-0.25, -0.2) is 0 Å². The van der Waals surface area contributed by atoms with Crippen LogP contribution in [0.2, 0.25) is 0 Å². The minimum atomic E-state index is -0.297. The molecule has 1 N–H and O–H groups in total. The van der Waals surface area contributed by atoms with Crippen LogP contribution in [0.15, 0.2) is 28.7 Å². The number of morpholine rings is 1. The van der Waals surface area contributed by atoms with E-state index in [0.29, 0.717) is 6.54 Å². The van der Waals surface area contributed by atoms with Gasteiger partial charge in [-0.2, -0.15) is 0 Å². The minimum absolute atomic E-state index is 0.0354. The fourth-order valence-corrected chi connectivity index (χ4v) is 2.27. The lowest BCUT2D eigenvalue weighted by molar-refractivity contribution is -0.141. The Balaban J connectivity index is 2.06. The summed E-state index contributed by atoms with van der Waals surface area (Å²) in [5.41, 5.74) is 0.905. The number of carbonyl (C=O) groups excluding carboxylic acids is 1. The third kappa shape index (κ3) is 2.83. The second-order valence-corrected chi connectivity index (χ2v) is 5.24. The third-order valence-electron chi connectivity index (χ3n) is 2.68. The van der Waals surface area contributed by atoms with E-state index in [1.807, 2.05) is 19.1 Å². The summed E-state index contributed by atoms with van der Waals surface area (Å²) in [5, 5.41) is 2.83. The summed E-state index contributed by atoms with van der Waals surface area (Å²) < 4.78 is 6.66. The number of benzene rings is 1. The van der Waals surface area contributed by atoms with Crippen molar-refractivity contribution in [2.24, 2.45) is 0 Å². The van der Waals surface area contributed by atoms with Gasteiger partial charge in [-0.3, -0.25) is 4.79 Å². The lowest BCUT2D eigenvalue weighted by atomic mass is 9.95. The summed E-state index contributed by atoms with van der Waals surface area (Å²) in [6.45, 7) is 2.75. The molecule has 0 radical (unpaired) electrons. The summed E-state index contributed by atoms with van der Waals surface area (Å²) in [7, 11) is 0. The number of amides is 1. The van der Waals surface area contributed by atoms with Crippen LogP contribution in [0.4, 0.5) is 0 Å². The van der Waals surface area contributed by atoms with Crippen LogP contribution in [0.1, 0.15) is 12.5 Å². The molecule has 1 heterocycles. The van der Waals surface area contributed by atoms with Crippen molar-refractivity contribution in [3.8, 4) is 0 Å². The van der Waals surface area contributed by atoms with Crippen molar-refractivity contribution in [3.63, 3.8) is 0 Å². The number of nitrogens with one attached hydrogen (secondary N) is 1. The maximum Gasteiger partial charge on any atom is 0.246 e. The van der Waals surface area contributed by atoms with Gasteiger partial charge in [-0.05, 0) is 24.6 Å². The Labute approximate surface area is 103 Å². The predicted octanol–water partition coefficient (Wildman–Crippen LogP) is 1.90. The first-order chi connectivity index (χ1) is 7.57. The Kier molecular flexibility index (Phi) is 3.30. The van der Waals surface area contributed by atoms with Crippen LogP contribution in [-0.2, 0) is 16.0 Å². The zero-order valence-electron chi connectivity index (χ0n) is 9.13. The molecule has 0 aliphatic carbocycles. The highest BCUT2D eigenvalue weighted by atomic mass is 79.9. The van der Waals surface area contributed by atoms with Crippen LogP contribution in [0.3, 0.4) is 0 Å². The number of hydrogen-bond acceptors (Lipinski definition) is 2. The predicted molar refractivity (Wildman–Crippen MR) is 65.2 cm³/mol. The average molecular weight is 284 g/mol. The molecule has 0 spiro atoms. The Morgan fingerprint density at radius 3 is 3.00 bits per heavy atom. The Morgan fingerprint density at radius 2 is 2.38 bits per heavy atom. The van der Waals surface area contributed by atoms with Crippen LogP contribution in [0, 0.1) is 0 Å².